The van der Waals surface area contributed by atoms with Crippen LogP contribution in [0.4, 0.5) is 4.79 Å². The molecule has 2 heterocycles. The molecule has 2 aliphatic rings. The summed E-state index contributed by atoms with van der Waals surface area (Å²) < 4.78 is 0. The summed E-state index contributed by atoms with van der Waals surface area (Å²) in [5, 5.41) is 11.9. The lowest BCUT2D eigenvalue weighted by molar-refractivity contribution is -0.150. The number of nitrogens with one attached hydrogen (secondary N) is 1. The summed E-state index contributed by atoms with van der Waals surface area (Å²) in [5.74, 6) is -0.827. The van der Waals surface area contributed by atoms with Gasteiger partial charge in [-0.1, -0.05) is 0 Å². The second-order valence-electron chi connectivity index (χ2n) is 5.72. The second-order valence-corrected chi connectivity index (χ2v) is 5.72. The summed E-state index contributed by atoms with van der Waals surface area (Å²) >= 11 is 0. The van der Waals surface area contributed by atoms with E-state index in [0.29, 0.717) is 52.0 Å². The zero-order chi connectivity index (χ0) is 14.8. The number of urea groups is 1. The summed E-state index contributed by atoms with van der Waals surface area (Å²) in [6.07, 6.45) is 1.27. The summed E-state index contributed by atoms with van der Waals surface area (Å²) in [6.45, 7) is 4.06. The predicted octanol–water partition coefficient (Wildman–Crippen LogP) is 0.115. The van der Waals surface area contributed by atoms with E-state index < -0.39 is 11.4 Å². The van der Waals surface area contributed by atoms with E-state index in [1.807, 2.05) is 0 Å². The van der Waals surface area contributed by atoms with Gasteiger partial charge in [0.1, 0.15) is 0 Å². The van der Waals surface area contributed by atoms with Crippen LogP contribution < -0.4 is 5.32 Å². The Morgan fingerprint density at radius 2 is 1.75 bits per heavy atom. The lowest BCUT2D eigenvalue weighted by atomic mass is 9.80. The fraction of sp³-hybridized carbons (Fsp3) is 0.769. The van der Waals surface area contributed by atoms with Crippen LogP contribution in [0.2, 0.25) is 0 Å². The second kappa shape index (κ2) is 5.68. The van der Waals surface area contributed by atoms with Crippen LogP contribution in [0.5, 0.6) is 0 Å². The zero-order valence-electron chi connectivity index (χ0n) is 11.7. The lowest BCUT2D eigenvalue weighted by Gasteiger charge is -2.38. The van der Waals surface area contributed by atoms with Gasteiger partial charge in [0.2, 0.25) is 5.91 Å². The van der Waals surface area contributed by atoms with Crippen molar-refractivity contribution >= 4 is 17.9 Å². The Hall–Kier alpha value is -1.79. The Labute approximate surface area is 117 Å². The molecule has 2 saturated heterocycles. The van der Waals surface area contributed by atoms with Crippen LogP contribution in [0.15, 0.2) is 0 Å². The monoisotopic (exact) mass is 283 g/mol. The topological polar surface area (TPSA) is 89.9 Å². The normalized spacial score (nSPS) is 22.9. The van der Waals surface area contributed by atoms with Gasteiger partial charge in [0.05, 0.1) is 5.41 Å². The first-order valence-corrected chi connectivity index (χ1v) is 6.96. The van der Waals surface area contributed by atoms with Gasteiger partial charge in [-0.25, -0.2) is 4.79 Å². The molecule has 0 aromatic heterocycles. The highest BCUT2D eigenvalue weighted by Crippen LogP contribution is 2.31. The minimum absolute atomic E-state index is 0.0302. The van der Waals surface area contributed by atoms with Crippen molar-refractivity contribution in [1.29, 1.82) is 0 Å². The van der Waals surface area contributed by atoms with Gasteiger partial charge in [0.15, 0.2) is 0 Å². The van der Waals surface area contributed by atoms with Crippen LogP contribution in [0.1, 0.15) is 26.2 Å². The quantitative estimate of drug-likeness (QED) is 0.715. The number of carboxylic acid groups (broad SMARTS) is 1. The number of carboxylic acids is 1. The first-order valence-electron chi connectivity index (χ1n) is 6.96. The van der Waals surface area contributed by atoms with Crippen molar-refractivity contribution in [3.05, 3.63) is 0 Å². The van der Waals surface area contributed by atoms with Crippen molar-refractivity contribution in [3.63, 3.8) is 0 Å². The van der Waals surface area contributed by atoms with E-state index in [1.54, 1.807) is 16.7 Å². The van der Waals surface area contributed by atoms with Crippen molar-refractivity contribution in [2.75, 3.05) is 32.7 Å². The maximum atomic E-state index is 12.4. The maximum absolute atomic E-state index is 12.4. The van der Waals surface area contributed by atoms with Crippen molar-refractivity contribution in [2.45, 2.75) is 26.2 Å². The van der Waals surface area contributed by atoms with E-state index in [9.17, 15) is 19.5 Å². The van der Waals surface area contributed by atoms with Gasteiger partial charge in [0.25, 0.3) is 0 Å². The van der Waals surface area contributed by atoms with Crippen molar-refractivity contribution < 1.29 is 19.5 Å². The van der Waals surface area contributed by atoms with E-state index >= 15 is 0 Å². The van der Waals surface area contributed by atoms with Crippen molar-refractivity contribution in [2.24, 2.45) is 5.41 Å². The fourth-order valence-corrected chi connectivity index (χ4v) is 2.56. The molecule has 7 heteroatoms. The summed E-state index contributed by atoms with van der Waals surface area (Å²) in [7, 11) is 0. The van der Waals surface area contributed by atoms with Gasteiger partial charge in [-0.15, -0.1) is 0 Å². The summed E-state index contributed by atoms with van der Waals surface area (Å²) in [4.78, 5) is 38.2. The average molecular weight is 283 g/mol. The molecule has 2 fully saturated rings. The number of likely N-dealkylation sites (tertiary alicyclic amines) is 1. The molecule has 2 N–H and O–H groups in total. The van der Waals surface area contributed by atoms with Crippen molar-refractivity contribution in [1.82, 2.24) is 15.1 Å². The van der Waals surface area contributed by atoms with E-state index in [2.05, 4.69) is 5.32 Å². The molecule has 0 spiro atoms. The number of aliphatic carboxylic acids is 1. The highest BCUT2D eigenvalue weighted by Gasteiger charge is 2.38. The smallest absolute Gasteiger partial charge is 0.320 e. The lowest BCUT2D eigenvalue weighted by Crippen LogP contribution is -2.50. The van der Waals surface area contributed by atoms with E-state index in [-0.39, 0.29) is 11.9 Å². The first kappa shape index (κ1) is 14.6. The third kappa shape index (κ3) is 3.02. The molecule has 0 aromatic carbocycles. The third-order valence-corrected chi connectivity index (χ3v) is 4.24. The SMILES string of the molecule is CC1(C(=O)O)CCN(C(=O)N2CCNC(=O)CC2)CC1. The maximum Gasteiger partial charge on any atom is 0.320 e. The van der Waals surface area contributed by atoms with Crippen LogP contribution in [0.25, 0.3) is 0 Å². The molecular formula is C13H21N3O4. The molecule has 7 nitrogen and oxygen atoms in total. The van der Waals surface area contributed by atoms with Gasteiger partial charge in [0, 0.05) is 39.1 Å². The molecule has 112 valence electrons. The van der Waals surface area contributed by atoms with Gasteiger partial charge >= 0.3 is 12.0 Å². The predicted molar refractivity (Wildman–Crippen MR) is 71.1 cm³/mol. The largest absolute Gasteiger partial charge is 0.481 e. The molecule has 0 unspecified atom stereocenters. The molecule has 20 heavy (non-hydrogen) atoms. The molecule has 3 amide bonds. The third-order valence-electron chi connectivity index (χ3n) is 4.24. The molecule has 2 aliphatic heterocycles. The van der Waals surface area contributed by atoms with Crippen LogP contribution in [0.3, 0.4) is 0 Å². The number of amides is 3. The summed E-state index contributed by atoms with van der Waals surface area (Å²) in [5.41, 5.74) is -0.729. The number of carbonyl (C=O) groups is 3. The van der Waals surface area contributed by atoms with Gasteiger partial charge in [-0.05, 0) is 19.8 Å². The molecular weight excluding hydrogens is 262 g/mol. The van der Waals surface area contributed by atoms with Crippen LogP contribution >= 0.6 is 0 Å². The Bertz CT molecular complexity index is 416. The summed E-state index contributed by atoms with van der Waals surface area (Å²) in [6, 6.07) is -0.0889. The molecule has 0 radical (unpaired) electrons. The number of rotatable bonds is 1. The van der Waals surface area contributed by atoms with Crippen LogP contribution in [-0.4, -0.2) is 65.5 Å². The van der Waals surface area contributed by atoms with Crippen LogP contribution in [-0.2, 0) is 9.59 Å². The number of carbonyl (C=O) groups excluding carboxylic acids is 2. The zero-order valence-corrected chi connectivity index (χ0v) is 11.7. The Morgan fingerprint density at radius 1 is 1.15 bits per heavy atom. The molecule has 0 aliphatic carbocycles. The van der Waals surface area contributed by atoms with Gasteiger partial charge < -0.3 is 20.2 Å². The Kier molecular flexibility index (Phi) is 4.15. The minimum atomic E-state index is -0.797. The fourth-order valence-electron chi connectivity index (χ4n) is 2.56. The van der Waals surface area contributed by atoms with Gasteiger partial charge in [-0.3, -0.25) is 9.59 Å². The minimum Gasteiger partial charge on any atom is -0.481 e. The van der Waals surface area contributed by atoms with E-state index in [4.69, 9.17) is 0 Å². The Morgan fingerprint density at radius 3 is 2.35 bits per heavy atom. The first-order chi connectivity index (χ1) is 9.42. The standard InChI is InChI=1S/C13H21N3O4/c1-13(11(18)19)3-7-16(8-4-13)12(20)15-6-2-10(17)14-5-9-15/h2-9H2,1H3,(H,14,17)(H,18,19). The number of nitrogens with zero attached hydrogens (tertiary/aromatic N) is 2. The number of piperidine rings is 1. The molecule has 0 aromatic rings. The molecule has 0 atom stereocenters. The van der Waals surface area contributed by atoms with E-state index in [0.717, 1.165) is 0 Å². The highest BCUT2D eigenvalue weighted by atomic mass is 16.4. The highest BCUT2D eigenvalue weighted by molar-refractivity contribution is 5.80. The van der Waals surface area contributed by atoms with E-state index in [1.165, 1.54) is 0 Å². The van der Waals surface area contributed by atoms with Gasteiger partial charge in [-0.2, -0.15) is 0 Å². The Balaban J connectivity index is 1.91. The number of hydrogen-bond donors (Lipinski definition) is 2. The van der Waals surface area contributed by atoms with Crippen LogP contribution in [0, 0.1) is 5.41 Å². The number of hydrogen-bond acceptors (Lipinski definition) is 3. The average Bonchev–Trinajstić information content (AvgIpc) is 2.63. The molecule has 2 rings (SSSR count). The molecule has 0 saturated carbocycles. The molecule has 0 bridgehead atoms. The van der Waals surface area contributed by atoms with Crippen molar-refractivity contribution in [3.8, 4) is 0 Å².